The van der Waals surface area contributed by atoms with Crippen LogP contribution in [0.5, 0.6) is 11.5 Å². The molecule has 1 aliphatic rings. The summed E-state index contributed by atoms with van der Waals surface area (Å²) in [6.07, 6.45) is 2.91. The summed E-state index contributed by atoms with van der Waals surface area (Å²) < 4.78 is 10.9. The van der Waals surface area contributed by atoms with E-state index in [9.17, 15) is 0 Å². The van der Waals surface area contributed by atoms with Crippen LogP contribution in [0, 0.1) is 0 Å². The molecule has 0 radical (unpaired) electrons. The lowest BCUT2D eigenvalue weighted by molar-refractivity contribution is 0.174. The van der Waals surface area contributed by atoms with Gasteiger partial charge in [0, 0.05) is 30.0 Å². The van der Waals surface area contributed by atoms with Crippen molar-refractivity contribution in [2.45, 2.75) is 18.2 Å². The molecule has 0 N–H and O–H groups in total. The van der Waals surface area contributed by atoms with E-state index in [0.29, 0.717) is 11.6 Å². The van der Waals surface area contributed by atoms with Gasteiger partial charge in [-0.25, -0.2) is 4.98 Å². The van der Waals surface area contributed by atoms with Gasteiger partial charge in [0.1, 0.15) is 5.82 Å². The Morgan fingerprint density at radius 2 is 2.10 bits per heavy atom. The van der Waals surface area contributed by atoms with Crippen LogP contribution in [0.25, 0.3) is 10.8 Å². The van der Waals surface area contributed by atoms with Gasteiger partial charge in [-0.1, -0.05) is 22.9 Å². The summed E-state index contributed by atoms with van der Waals surface area (Å²) >= 11 is 3.58. The molecule has 0 aliphatic carbocycles. The fourth-order valence-corrected chi connectivity index (χ4v) is 2.53. The average Bonchev–Trinajstić information content (AvgIpc) is 2.88. The minimum atomic E-state index is 0.297. The third kappa shape index (κ3) is 2.54. The Morgan fingerprint density at radius 3 is 2.85 bits per heavy atom. The zero-order valence-electron chi connectivity index (χ0n) is 11.6. The summed E-state index contributed by atoms with van der Waals surface area (Å²) in [6.45, 7) is 3.40. The van der Waals surface area contributed by atoms with Gasteiger partial charge in [-0.05, 0) is 30.0 Å². The van der Waals surface area contributed by atoms with Crippen molar-refractivity contribution >= 4 is 32.5 Å². The van der Waals surface area contributed by atoms with Crippen molar-refractivity contribution in [1.29, 1.82) is 0 Å². The zero-order chi connectivity index (χ0) is 14.1. The lowest BCUT2D eigenvalue weighted by atomic mass is 10.1. The normalized spacial score (nSPS) is 14.6. The Kier molecular flexibility index (Phi) is 3.70. The van der Waals surface area contributed by atoms with Gasteiger partial charge in [-0.2, -0.15) is 0 Å². The fraction of sp³-hybridized carbons (Fsp3) is 0.400. The van der Waals surface area contributed by atoms with Crippen LogP contribution in [-0.4, -0.2) is 30.2 Å². The van der Waals surface area contributed by atoms with Crippen LogP contribution in [-0.2, 0) is 0 Å². The van der Waals surface area contributed by atoms with Gasteiger partial charge in [-0.15, -0.1) is 0 Å². The highest BCUT2D eigenvalue weighted by Gasteiger charge is 2.17. The van der Waals surface area contributed by atoms with E-state index in [-0.39, 0.29) is 0 Å². The quantitative estimate of drug-likeness (QED) is 0.799. The molecule has 4 nitrogen and oxygen atoms in total. The maximum Gasteiger partial charge on any atom is 0.231 e. The minimum Gasteiger partial charge on any atom is -0.454 e. The van der Waals surface area contributed by atoms with Crippen molar-refractivity contribution in [2.24, 2.45) is 0 Å². The van der Waals surface area contributed by atoms with Gasteiger partial charge < -0.3 is 14.4 Å². The first-order valence-electron chi connectivity index (χ1n) is 6.68. The number of fused-ring (bicyclic) bond motifs is 2. The number of anilines is 1. The number of hydrogen-bond acceptors (Lipinski definition) is 4. The molecule has 3 rings (SSSR count). The molecule has 1 unspecified atom stereocenters. The second-order valence-electron chi connectivity index (χ2n) is 5.05. The van der Waals surface area contributed by atoms with E-state index in [1.54, 1.807) is 0 Å². The van der Waals surface area contributed by atoms with Crippen molar-refractivity contribution in [3.63, 3.8) is 0 Å². The number of aromatic nitrogens is 1. The number of nitrogens with zero attached hydrogens (tertiary/aromatic N) is 2. The number of rotatable bonds is 4. The van der Waals surface area contributed by atoms with Crippen LogP contribution in [0.4, 0.5) is 5.82 Å². The first-order chi connectivity index (χ1) is 9.65. The highest BCUT2D eigenvalue weighted by molar-refractivity contribution is 9.09. The van der Waals surface area contributed by atoms with Crippen molar-refractivity contribution in [3.8, 4) is 11.5 Å². The van der Waals surface area contributed by atoms with Crippen LogP contribution in [0.15, 0.2) is 24.4 Å². The van der Waals surface area contributed by atoms with Crippen LogP contribution >= 0.6 is 15.9 Å². The molecule has 1 atom stereocenters. The molecule has 0 amide bonds. The number of ether oxygens (including phenoxy) is 2. The Bertz CT molecular complexity index is 631. The van der Waals surface area contributed by atoms with Crippen molar-refractivity contribution < 1.29 is 9.47 Å². The summed E-state index contributed by atoms with van der Waals surface area (Å²) in [5.41, 5.74) is 0. The summed E-state index contributed by atoms with van der Waals surface area (Å²) in [6, 6.07) is 6.04. The largest absolute Gasteiger partial charge is 0.454 e. The summed E-state index contributed by atoms with van der Waals surface area (Å²) in [5, 5.41) is 2.22. The Hall–Kier alpha value is -1.49. The predicted octanol–water partition coefficient (Wildman–Crippen LogP) is 3.57. The van der Waals surface area contributed by atoms with Crippen molar-refractivity contribution in [3.05, 3.63) is 24.4 Å². The first-order valence-corrected chi connectivity index (χ1v) is 7.60. The maximum absolute atomic E-state index is 5.46. The number of alkyl halides is 1. The minimum absolute atomic E-state index is 0.297. The molecule has 0 spiro atoms. The SMILES string of the molecule is CC(Br)CCN(C)c1nccc2cc3c(cc12)OCO3. The Morgan fingerprint density at radius 1 is 1.35 bits per heavy atom. The molecule has 5 heteroatoms. The molecular weight excluding hydrogens is 320 g/mol. The van der Waals surface area contributed by atoms with Crippen molar-refractivity contribution in [1.82, 2.24) is 4.98 Å². The topological polar surface area (TPSA) is 34.6 Å². The first kappa shape index (κ1) is 13.5. The highest BCUT2D eigenvalue weighted by Crippen LogP contribution is 2.38. The number of benzene rings is 1. The fourth-order valence-electron chi connectivity index (χ4n) is 2.33. The van der Waals surface area contributed by atoms with Gasteiger partial charge in [0.15, 0.2) is 11.5 Å². The smallest absolute Gasteiger partial charge is 0.231 e. The van der Waals surface area contributed by atoms with E-state index in [4.69, 9.17) is 9.47 Å². The number of pyridine rings is 1. The van der Waals surface area contributed by atoms with Gasteiger partial charge in [-0.3, -0.25) is 0 Å². The summed E-state index contributed by atoms with van der Waals surface area (Å²) in [7, 11) is 2.07. The molecule has 0 fully saturated rings. The second-order valence-corrected chi connectivity index (χ2v) is 6.62. The molecule has 0 saturated heterocycles. The number of hydrogen-bond donors (Lipinski definition) is 0. The molecule has 1 aromatic heterocycles. The third-order valence-corrected chi connectivity index (χ3v) is 3.92. The average molecular weight is 337 g/mol. The van der Waals surface area contributed by atoms with Crippen molar-refractivity contribution in [2.75, 3.05) is 25.3 Å². The van der Waals surface area contributed by atoms with Gasteiger partial charge in [0.05, 0.1) is 0 Å². The molecule has 106 valence electrons. The zero-order valence-corrected chi connectivity index (χ0v) is 13.2. The lowest BCUT2D eigenvalue weighted by Crippen LogP contribution is -2.21. The van der Waals surface area contributed by atoms with E-state index >= 15 is 0 Å². The summed E-state index contributed by atoms with van der Waals surface area (Å²) in [5.74, 6) is 2.59. The molecule has 2 heterocycles. The van der Waals surface area contributed by atoms with E-state index in [1.807, 2.05) is 24.4 Å². The van der Waals surface area contributed by atoms with Crippen LogP contribution in [0.3, 0.4) is 0 Å². The number of halogens is 1. The van der Waals surface area contributed by atoms with E-state index in [2.05, 4.69) is 39.8 Å². The summed E-state index contributed by atoms with van der Waals surface area (Å²) in [4.78, 5) is 7.21. The molecule has 2 aromatic rings. The molecular formula is C15H17BrN2O2. The highest BCUT2D eigenvalue weighted by atomic mass is 79.9. The van der Waals surface area contributed by atoms with Gasteiger partial charge in [0.2, 0.25) is 6.79 Å². The van der Waals surface area contributed by atoms with E-state index in [1.165, 1.54) is 0 Å². The third-order valence-electron chi connectivity index (χ3n) is 3.46. The molecule has 20 heavy (non-hydrogen) atoms. The van der Waals surface area contributed by atoms with E-state index in [0.717, 1.165) is 41.1 Å². The van der Waals surface area contributed by atoms with Crippen LogP contribution in [0.1, 0.15) is 13.3 Å². The predicted molar refractivity (Wildman–Crippen MR) is 84.1 cm³/mol. The van der Waals surface area contributed by atoms with Gasteiger partial charge >= 0.3 is 0 Å². The van der Waals surface area contributed by atoms with Crippen LogP contribution in [0.2, 0.25) is 0 Å². The Balaban J connectivity index is 1.98. The second kappa shape index (κ2) is 5.48. The van der Waals surface area contributed by atoms with E-state index < -0.39 is 0 Å². The maximum atomic E-state index is 5.46. The van der Waals surface area contributed by atoms with Crippen LogP contribution < -0.4 is 14.4 Å². The Labute approximate surface area is 126 Å². The standard InChI is InChI=1S/C15H17BrN2O2/c1-10(16)4-6-18(2)15-12-8-14-13(19-9-20-14)7-11(12)3-5-17-15/h3,5,7-8,10H,4,6,9H2,1-2H3. The molecule has 1 aliphatic heterocycles. The molecule has 1 aromatic carbocycles. The monoisotopic (exact) mass is 336 g/mol. The molecule has 0 bridgehead atoms. The lowest BCUT2D eigenvalue weighted by Gasteiger charge is -2.20. The molecule has 0 saturated carbocycles. The van der Waals surface area contributed by atoms with Gasteiger partial charge in [0.25, 0.3) is 0 Å².